The van der Waals surface area contributed by atoms with Crippen molar-refractivity contribution in [1.82, 2.24) is 5.32 Å². The van der Waals surface area contributed by atoms with Crippen LogP contribution in [-0.4, -0.2) is 19.6 Å². The van der Waals surface area contributed by atoms with Crippen molar-refractivity contribution in [3.63, 3.8) is 0 Å². The molecule has 0 fully saturated rings. The molecule has 0 aliphatic rings. The van der Waals surface area contributed by atoms with Gasteiger partial charge in [-0.05, 0) is 41.2 Å². The summed E-state index contributed by atoms with van der Waals surface area (Å²) >= 11 is 0. The van der Waals surface area contributed by atoms with Crippen molar-refractivity contribution in [1.29, 1.82) is 0 Å². The van der Waals surface area contributed by atoms with E-state index in [9.17, 15) is 17.6 Å². The Morgan fingerprint density at radius 2 is 1.52 bits per heavy atom. The molecule has 0 radical (unpaired) electrons. The summed E-state index contributed by atoms with van der Waals surface area (Å²) < 4.78 is 38.0. The summed E-state index contributed by atoms with van der Waals surface area (Å²) in [6.45, 7) is 7.81. The van der Waals surface area contributed by atoms with E-state index in [1.54, 1.807) is 24.3 Å². The van der Waals surface area contributed by atoms with Gasteiger partial charge in [0.05, 0.1) is 5.75 Å². The topological polar surface area (TPSA) is 63.2 Å². The first-order valence-electron chi connectivity index (χ1n) is 8.82. The molecule has 2 aromatic carbocycles. The minimum Gasteiger partial charge on any atom is -0.351 e. The number of rotatable bonds is 6. The van der Waals surface area contributed by atoms with Gasteiger partial charge in [-0.3, -0.25) is 4.79 Å². The Morgan fingerprint density at radius 1 is 1.00 bits per heavy atom. The molecular formula is C21H26FNO3S. The van der Waals surface area contributed by atoms with Crippen LogP contribution in [0, 0.1) is 5.82 Å². The molecule has 2 rings (SSSR count). The zero-order chi connectivity index (χ0) is 20.2. The highest BCUT2D eigenvalue weighted by molar-refractivity contribution is 7.92. The Balaban J connectivity index is 2.00. The van der Waals surface area contributed by atoms with Gasteiger partial charge in [0, 0.05) is 6.54 Å². The lowest BCUT2D eigenvalue weighted by atomic mass is 9.87. The highest BCUT2D eigenvalue weighted by Crippen LogP contribution is 2.23. The maximum Gasteiger partial charge on any atom is 0.238 e. The molecule has 0 aromatic heterocycles. The molecule has 6 heteroatoms. The van der Waals surface area contributed by atoms with Crippen LogP contribution in [-0.2, 0) is 32.3 Å². The average Bonchev–Trinajstić information content (AvgIpc) is 2.59. The molecule has 4 nitrogen and oxygen atoms in total. The zero-order valence-electron chi connectivity index (χ0n) is 16.1. The second kappa shape index (κ2) is 8.21. The summed E-state index contributed by atoms with van der Waals surface area (Å²) in [5.41, 5.74) is 2.47. The summed E-state index contributed by atoms with van der Waals surface area (Å²) in [7, 11) is -3.64. The minimum atomic E-state index is -3.64. The van der Waals surface area contributed by atoms with Gasteiger partial charge in [0.2, 0.25) is 5.91 Å². The van der Waals surface area contributed by atoms with Crippen LogP contribution in [0.15, 0.2) is 48.5 Å². The van der Waals surface area contributed by atoms with Gasteiger partial charge < -0.3 is 5.32 Å². The van der Waals surface area contributed by atoms with Crippen LogP contribution in [0.25, 0.3) is 0 Å². The number of carbonyl (C=O) groups excluding carboxylic acids is 1. The number of amides is 1. The van der Waals surface area contributed by atoms with Gasteiger partial charge in [-0.15, -0.1) is 0 Å². The van der Waals surface area contributed by atoms with Gasteiger partial charge in [-0.2, -0.15) is 0 Å². The Labute approximate surface area is 160 Å². The predicted molar refractivity (Wildman–Crippen MR) is 105 cm³/mol. The maximum absolute atomic E-state index is 12.9. The summed E-state index contributed by atoms with van der Waals surface area (Å²) in [5.74, 6) is -1.12. The molecule has 1 atom stereocenters. The monoisotopic (exact) mass is 391 g/mol. The molecule has 27 heavy (non-hydrogen) atoms. The van der Waals surface area contributed by atoms with Gasteiger partial charge in [-0.25, -0.2) is 12.8 Å². The van der Waals surface area contributed by atoms with Crippen molar-refractivity contribution >= 4 is 15.7 Å². The molecule has 2 aromatic rings. The Bertz CT molecular complexity index is 883. The van der Waals surface area contributed by atoms with Gasteiger partial charge >= 0.3 is 0 Å². The second-order valence-electron chi connectivity index (χ2n) is 7.74. The minimum absolute atomic E-state index is 0.00899. The van der Waals surface area contributed by atoms with Crippen LogP contribution in [0.2, 0.25) is 0 Å². The van der Waals surface area contributed by atoms with Crippen LogP contribution < -0.4 is 5.32 Å². The van der Waals surface area contributed by atoms with Crippen LogP contribution in [0.5, 0.6) is 0 Å². The van der Waals surface area contributed by atoms with Gasteiger partial charge in [0.25, 0.3) is 0 Å². The lowest BCUT2D eigenvalue weighted by Crippen LogP contribution is -2.38. The van der Waals surface area contributed by atoms with E-state index in [-0.39, 0.29) is 23.5 Å². The van der Waals surface area contributed by atoms with Crippen molar-refractivity contribution in [2.24, 2.45) is 0 Å². The highest BCUT2D eigenvalue weighted by Gasteiger charge is 2.28. The molecule has 0 heterocycles. The normalized spacial score (nSPS) is 13.2. The predicted octanol–water partition coefficient (Wildman–Crippen LogP) is 3.74. The quantitative estimate of drug-likeness (QED) is 0.816. The van der Waals surface area contributed by atoms with E-state index in [0.717, 1.165) is 5.56 Å². The first-order valence-corrected chi connectivity index (χ1v) is 10.5. The third-order valence-corrected chi connectivity index (χ3v) is 6.50. The zero-order valence-corrected chi connectivity index (χ0v) is 16.9. The summed E-state index contributed by atoms with van der Waals surface area (Å²) in [6.07, 6.45) is 0. The molecule has 1 N–H and O–H groups in total. The standard InChI is InChI=1S/C21H26FNO3S/c1-15(20(24)23-13-16-7-11-19(22)12-8-16)27(25,26)14-17-5-9-18(10-6-17)21(2,3)4/h5-12,15H,13-14H2,1-4H3,(H,23,24). The van der Waals surface area contributed by atoms with E-state index in [1.807, 2.05) is 12.1 Å². The lowest BCUT2D eigenvalue weighted by molar-refractivity contribution is -0.120. The fourth-order valence-electron chi connectivity index (χ4n) is 2.56. The van der Waals surface area contributed by atoms with Crippen LogP contribution >= 0.6 is 0 Å². The molecular weight excluding hydrogens is 365 g/mol. The maximum atomic E-state index is 12.9. The number of hydrogen-bond donors (Lipinski definition) is 1. The van der Waals surface area contributed by atoms with Crippen molar-refractivity contribution in [2.45, 2.75) is 50.7 Å². The molecule has 0 saturated heterocycles. The SMILES string of the molecule is CC(C(=O)NCc1ccc(F)cc1)S(=O)(=O)Cc1ccc(C(C)(C)C)cc1. The van der Waals surface area contributed by atoms with Crippen LogP contribution in [0.1, 0.15) is 44.4 Å². The number of hydrogen-bond acceptors (Lipinski definition) is 3. The molecule has 0 saturated carbocycles. The first kappa shape index (κ1) is 21.1. The summed E-state index contributed by atoms with van der Waals surface area (Å²) in [6, 6.07) is 13.1. The van der Waals surface area contributed by atoms with Gasteiger partial charge in [0.15, 0.2) is 9.84 Å². The third kappa shape index (κ3) is 5.89. The van der Waals surface area contributed by atoms with E-state index in [2.05, 4.69) is 26.1 Å². The van der Waals surface area contributed by atoms with Crippen molar-refractivity contribution in [3.05, 3.63) is 71.0 Å². The molecule has 0 spiro atoms. The molecule has 0 aliphatic carbocycles. The number of halogens is 1. The summed E-state index contributed by atoms with van der Waals surface area (Å²) in [5, 5.41) is 1.43. The van der Waals surface area contributed by atoms with Crippen LogP contribution in [0.3, 0.4) is 0 Å². The molecule has 1 unspecified atom stereocenters. The van der Waals surface area contributed by atoms with E-state index >= 15 is 0 Å². The van der Waals surface area contributed by atoms with Crippen molar-refractivity contribution in [2.75, 3.05) is 0 Å². The van der Waals surface area contributed by atoms with E-state index in [4.69, 9.17) is 0 Å². The van der Waals surface area contributed by atoms with E-state index < -0.39 is 21.0 Å². The molecule has 146 valence electrons. The number of benzene rings is 2. The fourth-order valence-corrected chi connectivity index (χ4v) is 3.87. The number of sulfone groups is 1. The van der Waals surface area contributed by atoms with E-state index in [1.165, 1.54) is 19.1 Å². The van der Waals surface area contributed by atoms with Gasteiger partial charge in [0.1, 0.15) is 11.1 Å². The second-order valence-corrected chi connectivity index (χ2v) is 10.1. The Kier molecular flexibility index (Phi) is 6.42. The van der Waals surface area contributed by atoms with Gasteiger partial charge in [-0.1, -0.05) is 57.2 Å². The Hall–Kier alpha value is -2.21. The van der Waals surface area contributed by atoms with E-state index in [0.29, 0.717) is 11.1 Å². The molecule has 1 amide bonds. The van der Waals surface area contributed by atoms with Crippen LogP contribution in [0.4, 0.5) is 4.39 Å². The molecule has 0 aliphatic heterocycles. The highest BCUT2D eigenvalue weighted by atomic mass is 32.2. The lowest BCUT2D eigenvalue weighted by Gasteiger charge is -2.19. The first-order chi connectivity index (χ1) is 12.5. The average molecular weight is 392 g/mol. The van der Waals surface area contributed by atoms with Crippen molar-refractivity contribution < 1.29 is 17.6 Å². The third-order valence-electron chi connectivity index (χ3n) is 4.48. The van der Waals surface area contributed by atoms with Crippen molar-refractivity contribution in [3.8, 4) is 0 Å². The summed E-state index contributed by atoms with van der Waals surface area (Å²) in [4.78, 5) is 12.2. The number of carbonyl (C=O) groups is 1. The number of nitrogens with one attached hydrogen (secondary N) is 1. The Morgan fingerprint density at radius 3 is 2.04 bits per heavy atom. The fraction of sp³-hybridized carbons (Fsp3) is 0.381. The largest absolute Gasteiger partial charge is 0.351 e. The smallest absolute Gasteiger partial charge is 0.238 e. The molecule has 0 bridgehead atoms.